The summed E-state index contributed by atoms with van der Waals surface area (Å²) < 4.78 is 343. The molecule has 1 aromatic heterocycles. The van der Waals surface area contributed by atoms with Gasteiger partial charge in [0.2, 0.25) is 6.54 Å². The third kappa shape index (κ3) is 14.5. The summed E-state index contributed by atoms with van der Waals surface area (Å²) >= 11 is 0. The number of rotatable bonds is 9. The van der Waals surface area contributed by atoms with Crippen molar-refractivity contribution in [1.82, 2.24) is 4.98 Å². The molecule has 0 radical (unpaired) electrons. The fourth-order valence-corrected chi connectivity index (χ4v) is 7.76. The minimum Gasteiger partial charge on any atom is -0.264 e. The first-order chi connectivity index (χ1) is 34.5. The highest BCUT2D eigenvalue weighted by molar-refractivity contribution is 7.20. The second-order valence-electron chi connectivity index (χ2n) is 16.3. The van der Waals surface area contributed by atoms with Crippen molar-refractivity contribution in [3.05, 3.63) is 194 Å². The zero-order chi connectivity index (χ0) is 57.4. The molecule has 0 unspecified atom stereocenters. The lowest BCUT2D eigenvalue weighted by Gasteiger charge is -2.46. The van der Waals surface area contributed by atoms with E-state index in [0.29, 0.717) is 5.69 Å². The average molecular weight is 1120 g/mol. The highest BCUT2D eigenvalue weighted by Gasteiger charge is 2.47. The maximum Gasteiger partial charge on any atom is 0.416 e. The lowest BCUT2D eigenvalue weighted by molar-refractivity contribution is -0.689. The van der Waals surface area contributed by atoms with Crippen LogP contribution in [0.4, 0.5) is 105 Å². The second kappa shape index (κ2) is 21.0. The minimum atomic E-state index is -6.13. The third-order valence-corrected chi connectivity index (χ3v) is 11.0. The van der Waals surface area contributed by atoms with E-state index in [9.17, 15) is 115 Å². The predicted molar refractivity (Wildman–Crippen MR) is 221 cm³/mol. The molecule has 0 amide bonds. The molecule has 5 nitrogen and oxygen atoms in total. The van der Waals surface area contributed by atoms with E-state index in [1.807, 2.05) is 35.2 Å². The Morgan fingerprint density at radius 1 is 0.447 bits per heavy atom. The van der Waals surface area contributed by atoms with Crippen molar-refractivity contribution in [2.24, 2.45) is 0 Å². The van der Waals surface area contributed by atoms with E-state index in [0.717, 1.165) is 6.54 Å². The van der Waals surface area contributed by atoms with Gasteiger partial charge in [0, 0.05) is 10.5 Å². The van der Waals surface area contributed by atoms with Crippen molar-refractivity contribution in [1.29, 1.82) is 0 Å². The van der Waals surface area contributed by atoms with Gasteiger partial charge >= 0.3 is 49.4 Å². The van der Waals surface area contributed by atoms with E-state index in [1.54, 1.807) is 12.3 Å². The Kier molecular flexibility index (Phi) is 16.5. The van der Waals surface area contributed by atoms with E-state index >= 15 is 0 Å². The van der Waals surface area contributed by atoms with Gasteiger partial charge in [-0.15, -0.1) is 0 Å². The topological polar surface area (TPSA) is 59.9 Å². The van der Waals surface area contributed by atoms with Crippen LogP contribution in [-0.4, -0.2) is 22.6 Å². The van der Waals surface area contributed by atoms with Crippen molar-refractivity contribution in [3.8, 4) is 0 Å². The molecule has 30 heteroatoms. The first-order valence-corrected chi connectivity index (χ1v) is 20.5. The molecule has 6 aromatic rings. The fourth-order valence-electron chi connectivity index (χ4n) is 7.76. The summed E-state index contributed by atoms with van der Waals surface area (Å²) in [5.41, 5.74) is -28.3. The molecule has 0 saturated carbocycles. The Morgan fingerprint density at radius 2 is 0.724 bits per heavy atom. The standard InChI is InChI=1S/C32H12BF24.C14H14N3O2/c34-25(35,36)13-1-14(26(37,38)39)6-21(5-13)33(22-7-15(27(40,41)42)2-16(8-22)28(43,44)45,23-9-17(29(46,47)48)3-18(10-23)30(49,50)51)24-11-19(31(52,53)54)4-20(12-24)32(55,56)57;18-17(19)9-4-7-14-12-16(10-8-15-14)11-13-5-2-1-3-6-13/h1-12H;1-8,10,12H,9,11H2/q-1;+1. The molecule has 0 aliphatic heterocycles. The monoisotopic (exact) mass is 1120 g/mol. The lowest BCUT2D eigenvalue weighted by Crippen LogP contribution is -2.75. The maximum atomic E-state index is 14.2. The largest absolute Gasteiger partial charge is 0.416 e. The van der Waals surface area contributed by atoms with Crippen LogP contribution in [0.1, 0.15) is 55.8 Å². The van der Waals surface area contributed by atoms with E-state index in [1.165, 1.54) is 11.6 Å². The quantitative estimate of drug-likeness (QED) is 0.0477. The van der Waals surface area contributed by atoms with Crippen LogP contribution >= 0.6 is 0 Å². The molecule has 0 atom stereocenters. The van der Waals surface area contributed by atoms with Crippen LogP contribution in [0.3, 0.4) is 0 Å². The van der Waals surface area contributed by atoms with Gasteiger partial charge in [0.15, 0.2) is 18.9 Å². The highest BCUT2D eigenvalue weighted by Crippen LogP contribution is 2.41. The molecule has 76 heavy (non-hydrogen) atoms. The number of hydrogen-bond acceptors (Lipinski definition) is 3. The predicted octanol–water partition coefficient (Wildman–Crippen LogP) is 12.9. The molecular formula is C46H26BF24N3O2. The molecule has 0 aliphatic carbocycles. The van der Waals surface area contributed by atoms with Crippen molar-refractivity contribution >= 4 is 34.1 Å². The summed E-state index contributed by atoms with van der Waals surface area (Å²) in [7, 11) is 0. The van der Waals surface area contributed by atoms with E-state index in [4.69, 9.17) is 0 Å². The molecule has 0 saturated heterocycles. The van der Waals surface area contributed by atoms with Gasteiger partial charge in [-0.3, -0.25) is 10.1 Å². The molecule has 0 fully saturated rings. The Labute approximate surface area is 409 Å². The first kappa shape index (κ1) is 59.6. The number of hydrogen-bond donors (Lipinski definition) is 0. The number of alkyl halides is 24. The van der Waals surface area contributed by atoms with Crippen molar-refractivity contribution in [2.45, 2.75) is 56.0 Å². The SMILES string of the molecule is FC(F)(F)c1cc([B-](c2cc(C(F)(F)F)cc(C(F)(F)F)c2)(c2cc(C(F)(F)F)cc(C(F)(F)F)c2)c2cc(C(F)(F)F)cc(C(F)(F)F)c2)cc(C(F)(F)F)c1.O=[N+]([O-])CC=Cc1c[n+](Cc2ccccc2)ccn1. The minimum absolute atomic E-state index is 0.185. The summed E-state index contributed by atoms with van der Waals surface area (Å²) in [6.07, 6.45) is -46.2. The Bertz CT molecular complexity index is 2640. The Hall–Kier alpha value is -7.30. The van der Waals surface area contributed by atoms with Gasteiger partial charge in [-0.2, -0.15) is 132 Å². The number of halogens is 24. The van der Waals surface area contributed by atoms with Crippen LogP contribution in [0.15, 0.2) is 128 Å². The van der Waals surface area contributed by atoms with Crippen LogP contribution in [0.25, 0.3) is 6.08 Å². The Balaban J connectivity index is 0.000000468. The van der Waals surface area contributed by atoms with E-state index in [-0.39, 0.29) is 11.5 Å². The van der Waals surface area contributed by atoms with Gasteiger partial charge in [-0.05, 0) is 36.4 Å². The molecule has 5 aromatic carbocycles. The van der Waals surface area contributed by atoms with Crippen LogP contribution in [0.5, 0.6) is 0 Å². The normalized spacial score (nSPS) is 13.4. The summed E-state index contributed by atoms with van der Waals surface area (Å²) in [6, 6.07) is 1.26. The summed E-state index contributed by atoms with van der Waals surface area (Å²) in [6.45, 7) is 0.564. The number of aromatic nitrogens is 2. The van der Waals surface area contributed by atoms with Crippen LogP contribution in [-0.2, 0) is 56.0 Å². The van der Waals surface area contributed by atoms with Gasteiger partial charge in [0.25, 0.3) is 0 Å². The van der Waals surface area contributed by atoms with Gasteiger partial charge in [-0.1, -0.05) is 78.9 Å². The van der Waals surface area contributed by atoms with Crippen molar-refractivity contribution in [2.75, 3.05) is 6.54 Å². The molecule has 0 bridgehead atoms. The van der Waals surface area contributed by atoms with E-state index < -0.39 is 195 Å². The zero-order valence-electron chi connectivity index (χ0n) is 36.9. The number of nitro groups is 1. The summed E-state index contributed by atoms with van der Waals surface area (Å²) in [5.74, 6) is 0. The molecule has 1 heterocycles. The number of nitrogens with zero attached hydrogens (tertiary/aromatic N) is 3. The summed E-state index contributed by atoms with van der Waals surface area (Å²) in [5, 5.41) is 10.2. The zero-order valence-corrected chi connectivity index (χ0v) is 36.9. The molecule has 0 aliphatic rings. The smallest absolute Gasteiger partial charge is 0.264 e. The number of benzene rings is 5. The van der Waals surface area contributed by atoms with Gasteiger partial charge in [0.05, 0.1) is 50.7 Å². The van der Waals surface area contributed by atoms with Crippen LogP contribution in [0.2, 0.25) is 0 Å². The highest BCUT2D eigenvalue weighted by atomic mass is 19.4. The molecule has 408 valence electrons. The van der Waals surface area contributed by atoms with Crippen LogP contribution in [0, 0.1) is 10.1 Å². The molecule has 6 rings (SSSR count). The average Bonchev–Trinajstić information content (AvgIpc) is 3.27. The lowest BCUT2D eigenvalue weighted by atomic mass is 9.12. The fraction of sp³-hybridized carbons (Fsp3) is 0.217. The molecule has 0 spiro atoms. The van der Waals surface area contributed by atoms with Gasteiger partial charge in [0.1, 0.15) is 11.8 Å². The van der Waals surface area contributed by atoms with Gasteiger partial charge < -0.3 is 0 Å². The van der Waals surface area contributed by atoms with Crippen molar-refractivity contribution in [3.63, 3.8) is 0 Å². The molecular weight excluding hydrogens is 1090 g/mol. The Morgan fingerprint density at radius 3 is 0.974 bits per heavy atom. The second-order valence-corrected chi connectivity index (χ2v) is 16.3. The summed E-state index contributed by atoms with van der Waals surface area (Å²) in [4.78, 5) is 14.0. The first-order valence-electron chi connectivity index (χ1n) is 20.5. The maximum absolute atomic E-state index is 14.2. The van der Waals surface area contributed by atoms with Gasteiger partial charge in [-0.25, -0.2) is 4.98 Å². The van der Waals surface area contributed by atoms with E-state index in [2.05, 4.69) is 17.1 Å². The molecule has 0 N–H and O–H groups in total. The van der Waals surface area contributed by atoms with Crippen molar-refractivity contribution < 1.29 is 115 Å². The third-order valence-electron chi connectivity index (χ3n) is 11.0. The van der Waals surface area contributed by atoms with Crippen LogP contribution < -0.4 is 26.4 Å².